The smallest absolute Gasteiger partial charge is 0.308 e. The van der Waals surface area contributed by atoms with Crippen molar-refractivity contribution in [3.05, 3.63) is 42.0 Å². The molecule has 0 radical (unpaired) electrons. The topological polar surface area (TPSA) is 92.4 Å². The zero-order valence-electron chi connectivity index (χ0n) is 12.9. The molecular formula is C17H17FN2O4. The summed E-state index contributed by atoms with van der Waals surface area (Å²) in [5.74, 6) is -1.73. The van der Waals surface area contributed by atoms with Gasteiger partial charge in [0.05, 0.1) is 18.0 Å². The van der Waals surface area contributed by atoms with Crippen molar-refractivity contribution in [2.45, 2.75) is 31.7 Å². The van der Waals surface area contributed by atoms with Gasteiger partial charge in [-0.1, -0.05) is 6.42 Å². The van der Waals surface area contributed by atoms with Gasteiger partial charge in [0.25, 0.3) is 0 Å². The van der Waals surface area contributed by atoms with Gasteiger partial charge in [0, 0.05) is 11.6 Å². The van der Waals surface area contributed by atoms with Crippen molar-refractivity contribution in [1.29, 1.82) is 0 Å². The maximum absolute atomic E-state index is 12.9. The molecule has 2 atom stereocenters. The maximum Gasteiger partial charge on any atom is 0.308 e. The summed E-state index contributed by atoms with van der Waals surface area (Å²) in [4.78, 5) is 27.4. The molecule has 0 unspecified atom stereocenters. The molecule has 1 aliphatic carbocycles. The summed E-state index contributed by atoms with van der Waals surface area (Å²) in [6.07, 6.45) is 3.43. The third kappa shape index (κ3) is 3.61. The summed E-state index contributed by atoms with van der Waals surface area (Å²) >= 11 is 0. The van der Waals surface area contributed by atoms with Crippen molar-refractivity contribution < 1.29 is 23.5 Å². The lowest BCUT2D eigenvalue weighted by atomic mass is 10.0. The van der Waals surface area contributed by atoms with Crippen LogP contribution in [0.4, 0.5) is 4.39 Å². The minimum absolute atomic E-state index is 0.00747. The van der Waals surface area contributed by atoms with Gasteiger partial charge < -0.3 is 14.8 Å². The average molecular weight is 332 g/mol. The van der Waals surface area contributed by atoms with E-state index in [2.05, 4.69) is 10.3 Å². The monoisotopic (exact) mass is 332 g/mol. The molecule has 1 amide bonds. The number of carbonyl (C=O) groups is 2. The molecular weight excluding hydrogens is 315 g/mol. The predicted octanol–water partition coefficient (Wildman–Crippen LogP) is 2.39. The maximum atomic E-state index is 12.9. The van der Waals surface area contributed by atoms with Crippen LogP contribution in [0.3, 0.4) is 0 Å². The largest absolute Gasteiger partial charge is 0.481 e. The van der Waals surface area contributed by atoms with Crippen LogP contribution >= 0.6 is 0 Å². The summed E-state index contributed by atoms with van der Waals surface area (Å²) in [6, 6.07) is 5.36. The van der Waals surface area contributed by atoms with Gasteiger partial charge >= 0.3 is 5.97 Å². The number of oxazole rings is 1. The summed E-state index contributed by atoms with van der Waals surface area (Å²) < 4.78 is 18.2. The molecule has 0 bridgehead atoms. The zero-order valence-corrected chi connectivity index (χ0v) is 12.9. The number of benzene rings is 1. The Morgan fingerprint density at radius 2 is 2.04 bits per heavy atom. The van der Waals surface area contributed by atoms with E-state index in [9.17, 15) is 14.0 Å². The number of carboxylic acid groups (broad SMARTS) is 1. The highest BCUT2D eigenvalue weighted by molar-refractivity contribution is 5.80. The standard InChI is InChI=1S/C17H17FN2O4/c18-11-6-4-10(5-7-11)16-19-12(9-24-16)8-15(21)20-14-3-1-2-13(14)17(22)23/h4-7,9,13-14H,1-3,8H2,(H,20,21)(H,22,23)/t13-,14+/m1/s1. The van der Waals surface area contributed by atoms with Crippen molar-refractivity contribution in [2.24, 2.45) is 5.92 Å². The van der Waals surface area contributed by atoms with Gasteiger partial charge in [-0.15, -0.1) is 0 Å². The predicted molar refractivity (Wildman–Crippen MR) is 82.5 cm³/mol. The van der Waals surface area contributed by atoms with E-state index >= 15 is 0 Å². The molecule has 0 saturated heterocycles. The fraction of sp³-hybridized carbons (Fsp3) is 0.353. The Bertz CT molecular complexity index is 741. The number of rotatable bonds is 5. The molecule has 24 heavy (non-hydrogen) atoms. The van der Waals surface area contributed by atoms with Gasteiger partial charge in [0.2, 0.25) is 11.8 Å². The first-order chi connectivity index (χ1) is 11.5. The Kier molecular flexibility index (Phi) is 4.59. The van der Waals surface area contributed by atoms with E-state index in [-0.39, 0.29) is 24.2 Å². The van der Waals surface area contributed by atoms with Crippen LogP contribution in [0.25, 0.3) is 11.5 Å². The van der Waals surface area contributed by atoms with Crippen LogP contribution in [0.5, 0.6) is 0 Å². The number of aromatic nitrogens is 1. The Morgan fingerprint density at radius 3 is 2.75 bits per heavy atom. The van der Waals surface area contributed by atoms with Gasteiger partial charge in [-0.2, -0.15) is 0 Å². The Balaban J connectivity index is 1.61. The Hall–Kier alpha value is -2.70. The van der Waals surface area contributed by atoms with Crippen LogP contribution in [-0.2, 0) is 16.0 Å². The summed E-state index contributed by atoms with van der Waals surface area (Å²) in [5, 5.41) is 11.9. The lowest BCUT2D eigenvalue weighted by Crippen LogP contribution is -2.40. The first-order valence-electron chi connectivity index (χ1n) is 7.75. The molecule has 126 valence electrons. The van der Waals surface area contributed by atoms with Crippen molar-refractivity contribution in [2.75, 3.05) is 0 Å². The highest BCUT2D eigenvalue weighted by atomic mass is 19.1. The van der Waals surface area contributed by atoms with Gasteiger partial charge in [-0.3, -0.25) is 9.59 Å². The molecule has 3 rings (SSSR count). The molecule has 1 aromatic heterocycles. The van der Waals surface area contributed by atoms with E-state index in [4.69, 9.17) is 9.52 Å². The van der Waals surface area contributed by atoms with Crippen molar-refractivity contribution in [3.63, 3.8) is 0 Å². The fourth-order valence-corrected chi connectivity index (χ4v) is 2.96. The van der Waals surface area contributed by atoms with Crippen LogP contribution in [-0.4, -0.2) is 28.0 Å². The molecule has 1 heterocycles. The number of nitrogens with zero attached hydrogens (tertiary/aromatic N) is 1. The third-order valence-electron chi connectivity index (χ3n) is 4.16. The molecule has 1 aromatic carbocycles. The van der Waals surface area contributed by atoms with E-state index in [0.717, 1.165) is 6.42 Å². The van der Waals surface area contributed by atoms with Gasteiger partial charge in [-0.25, -0.2) is 9.37 Å². The van der Waals surface area contributed by atoms with E-state index in [0.29, 0.717) is 30.0 Å². The lowest BCUT2D eigenvalue weighted by Gasteiger charge is -2.17. The Labute approximate surface area is 137 Å². The molecule has 1 saturated carbocycles. The highest BCUT2D eigenvalue weighted by Crippen LogP contribution is 2.26. The molecule has 6 nitrogen and oxygen atoms in total. The van der Waals surface area contributed by atoms with Gasteiger partial charge in [0.1, 0.15) is 12.1 Å². The number of halogens is 1. The van der Waals surface area contributed by atoms with Crippen molar-refractivity contribution in [3.8, 4) is 11.5 Å². The van der Waals surface area contributed by atoms with Gasteiger partial charge in [-0.05, 0) is 37.1 Å². The molecule has 0 spiro atoms. The number of nitrogens with one attached hydrogen (secondary N) is 1. The van der Waals surface area contributed by atoms with Crippen molar-refractivity contribution in [1.82, 2.24) is 10.3 Å². The van der Waals surface area contributed by atoms with Gasteiger partial charge in [0.15, 0.2) is 0 Å². The molecule has 0 aliphatic heterocycles. The molecule has 1 aliphatic rings. The number of aliphatic carboxylic acids is 1. The van der Waals surface area contributed by atoms with E-state index in [1.54, 1.807) is 12.1 Å². The average Bonchev–Trinajstić information content (AvgIpc) is 3.17. The first-order valence-corrected chi connectivity index (χ1v) is 7.75. The number of hydrogen-bond donors (Lipinski definition) is 2. The SMILES string of the molecule is O=C(Cc1coc(-c2ccc(F)cc2)n1)N[C@H]1CCC[C@H]1C(=O)O. The van der Waals surface area contributed by atoms with Crippen LogP contribution in [0.15, 0.2) is 34.9 Å². The highest BCUT2D eigenvalue weighted by Gasteiger charge is 2.33. The summed E-state index contributed by atoms with van der Waals surface area (Å²) in [7, 11) is 0. The first kappa shape index (κ1) is 16.2. The number of carbonyl (C=O) groups excluding carboxylic acids is 1. The zero-order chi connectivity index (χ0) is 17.1. The van der Waals surface area contributed by atoms with E-state index in [1.807, 2.05) is 0 Å². The second kappa shape index (κ2) is 6.82. The number of hydrogen-bond acceptors (Lipinski definition) is 4. The third-order valence-corrected chi connectivity index (χ3v) is 4.16. The van der Waals surface area contributed by atoms with Crippen LogP contribution in [0.1, 0.15) is 25.0 Å². The second-order valence-electron chi connectivity index (χ2n) is 5.88. The lowest BCUT2D eigenvalue weighted by molar-refractivity contribution is -0.142. The molecule has 1 fully saturated rings. The van der Waals surface area contributed by atoms with Crippen LogP contribution in [0, 0.1) is 11.7 Å². The number of amides is 1. The normalized spacial score (nSPS) is 20.0. The fourth-order valence-electron chi connectivity index (χ4n) is 2.96. The molecule has 2 N–H and O–H groups in total. The number of carboxylic acids is 1. The summed E-state index contributed by atoms with van der Waals surface area (Å²) in [5.41, 5.74) is 1.06. The molecule has 7 heteroatoms. The minimum atomic E-state index is -0.877. The quantitative estimate of drug-likeness (QED) is 0.877. The van der Waals surface area contributed by atoms with Crippen molar-refractivity contribution >= 4 is 11.9 Å². The Morgan fingerprint density at radius 1 is 1.29 bits per heavy atom. The van der Waals surface area contributed by atoms with Crippen LogP contribution in [0.2, 0.25) is 0 Å². The minimum Gasteiger partial charge on any atom is -0.481 e. The summed E-state index contributed by atoms with van der Waals surface area (Å²) in [6.45, 7) is 0. The molecule has 2 aromatic rings. The van der Waals surface area contributed by atoms with Crippen LogP contribution < -0.4 is 5.32 Å². The second-order valence-corrected chi connectivity index (χ2v) is 5.88. The van der Waals surface area contributed by atoms with E-state index in [1.165, 1.54) is 18.4 Å². The van der Waals surface area contributed by atoms with E-state index < -0.39 is 11.9 Å².